The van der Waals surface area contributed by atoms with Crippen LogP contribution in [0.5, 0.6) is 0 Å². The number of anilines is 1. The number of ketones is 1. The maximum Gasteiger partial charge on any atom is 0.264 e. The van der Waals surface area contributed by atoms with E-state index in [0.717, 1.165) is 11.1 Å². The number of nitrogens with zero attached hydrogens (tertiary/aromatic N) is 1. The Morgan fingerprint density at radius 1 is 0.967 bits per heavy atom. The lowest BCUT2D eigenvalue weighted by Gasteiger charge is -2.34. The molecule has 30 heavy (non-hydrogen) atoms. The lowest BCUT2D eigenvalue weighted by atomic mass is 9.71. The quantitative estimate of drug-likeness (QED) is 0.681. The summed E-state index contributed by atoms with van der Waals surface area (Å²) in [5.74, 6) is -1.43. The highest BCUT2D eigenvalue weighted by Crippen LogP contribution is 2.48. The Labute approximate surface area is 179 Å². The summed E-state index contributed by atoms with van der Waals surface area (Å²) in [6, 6.07) is 21.9. The summed E-state index contributed by atoms with van der Waals surface area (Å²) in [4.78, 5) is 28.5. The zero-order chi connectivity index (χ0) is 20.9. The molecule has 5 heteroatoms. The Morgan fingerprint density at radius 2 is 1.67 bits per heavy atom. The molecule has 0 bridgehead atoms. The average molecular weight is 418 g/mol. The van der Waals surface area contributed by atoms with E-state index < -0.39 is 17.4 Å². The fourth-order valence-corrected chi connectivity index (χ4v) is 4.85. The molecule has 0 unspecified atom stereocenters. The molecule has 1 heterocycles. The van der Waals surface area contributed by atoms with E-state index in [9.17, 15) is 14.7 Å². The number of Topliss-reactive ketones (excluding diaryl/α,β-unsaturated/α-hetero) is 1. The molecule has 1 amide bonds. The standard InChI is InChI=1S/C25H20ClNO3/c26-18-12-9-16(10-13-18)15-27-22-8-4-3-7-20(22)25(30,24(27)29)21-14-11-17-5-1-2-6-19(17)23(21)28/h1-10,12-13,21,30H,11,14-15H2/t21-,25+/m0/s1. The Kier molecular flexibility index (Phi) is 4.49. The molecule has 0 saturated carbocycles. The van der Waals surface area contributed by atoms with E-state index in [-0.39, 0.29) is 5.78 Å². The van der Waals surface area contributed by atoms with Crippen LogP contribution in [0, 0.1) is 5.92 Å². The third-order valence-corrected chi connectivity index (χ3v) is 6.49. The molecule has 2 aliphatic rings. The Balaban J connectivity index is 1.56. The molecule has 0 aromatic heterocycles. The van der Waals surface area contributed by atoms with Gasteiger partial charge in [0.05, 0.1) is 18.2 Å². The molecule has 0 radical (unpaired) electrons. The first-order valence-electron chi connectivity index (χ1n) is 10.0. The van der Waals surface area contributed by atoms with Crippen LogP contribution in [-0.4, -0.2) is 16.8 Å². The monoisotopic (exact) mass is 417 g/mol. The van der Waals surface area contributed by atoms with Gasteiger partial charge < -0.3 is 10.0 Å². The van der Waals surface area contributed by atoms with Crippen molar-refractivity contribution in [2.45, 2.75) is 25.0 Å². The SMILES string of the molecule is O=C1c2ccccc2CC[C@@H]1[C@@]1(O)C(=O)N(Cc2ccc(Cl)cc2)c2ccccc21. The Morgan fingerprint density at radius 3 is 2.47 bits per heavy atom. The van der Waals surface area contributed by atoms with Crippen molar-refractivity contribution < 1.29 is 14.7 Å². The number of aryl methyl sites for hydroxylation is 1. The number of fused-ring (bicyclic) bond motifs is 2. The Bertz CT molecular complexity index is 1160. The minimum Gasteiger partial charge on any atom is -0.375 e. The van der Waals surface area contributed by atoms with Crippen molar-refractivity contribution in [1.29, 1.82) is 0 Å². The fraction of sp³-hybridized carbons (Fsp3) is 0.200. The third-order valence-electron chi connectivity index (χ3n) is 6.24. The topological polar surface area (TPSA) is 57.6 Å². The highest BCUT2D eigenvalue weighted by Gasteiger charge is 2.57. The number of hydrogen-bond acceptors (Lipinski definition) is 3. The van der Waals surface area contributed by atoms with E-state index in [4.69, 9.17) is 11.6 Å². The fourth-order valence-electron chi connectivity index (χ4n) is 4.72. The molecular formula is C25H20ClNO3. The number of aliphatic hydroxyl groups is 1. The number of benzene rings is 3. The molecule has 150 valence electrons. The normalized spacial score (nSPS) is 22.7. The number of rotatable bonds is 3. The van der Waals surface area contributed by atoms with Gasteiger partial charge in [0.2, 0.25) is 0 Å². The van der Waals surface area contributed by atoms with Crippen molar-refractivity contribution in [3.63, 3.8) is 0 Å². The van der Waals surface area contributed by atoms with Gasteiger partial charge in [-0.25, -0.2) is 0 Å². The van der Waals surface area contributed by atoms with Crippen LogP contribution in [0.4, 0.5) is 5.69 Å². The highest BCUT2D eigenvalue weighted by atomic mass is 35.5. The maximum atomic E-state index is 13.6. The van der Waals surface area contributed by atoms with Crippen molar-refractivity contribution in [1.82, 2.24) is 0 Å². The van der Waals surface area contributed by atoms with Crippen LogP contribution < -0.4 is 4.90 Å². The van der Waals surface area contributed by atoms with E-state index >= 15 is 0 Å². The minimum absolute atomic E-state index is 0.171. The van der Waals surface area contributed by atoms with Crippen molar-refractivity contribution in [3.05, 3.63) is 100 Å². The third kappa shape index (κ3) is 2.79. The summed E-state index contributed by atoms with van der Waals surface area (Å²) in [7, 11) is 0. The number of hydrogen-bond donors (Lipinski definition) is 1. The van der Waals surface area contributed by atoms with E-state index in [0.29, 0.717) is 41.2 Å². The lowest BCUT2D eigenvalue weighted by Crippen LogP contribution is -2.49. The molecule has 2 atom stereocenters. The van der Waals surface area contributed by atoms with Crippen LogP contribution in [0.25, 0.3) is 0 Å². The zero-order valence-corrected chi connectivity index (χ0v) is 17.0. The van der Waals surface area contributed by atoms with E-state index in [2.05, 4.69) is 0 Å². The first-order chi connectivity index (χ1) is 14.5. The first-order valence-corrected chi connectivity index (χ1v) is 10.4. The van der Waals surface area contributed by atoms with Crippen molar-refractivity contribution in [2.75, 3.05) is 4.90 Å². The van der Waals surface area contributed by atoms with Crippen LogP contribution in [-0.2, 0) is 23.4 Å². The molecular weight excluding hydrogens is 398 g/mol. The Hall–Kier alpha value is -2.95. The molecule has 1 aliphatic heterocycles. The van der Waals surface area contributed by atoms with Gasteiger partial charge in [0.15, 0.2) is 11.4 Å². The summed E-state index contributed by atoms with van der Waals surface area (Å²) >= 11 is 5.98. The predicted molar refractivity (Wildman–Crippen MR) is 116 cm³/mol. The number of halogens is 1. The number of carbonyl (C=O) groups is 2. The second-order valence-electron chi connectivity index (χ2n) is 7.91. The summed E-state index contributed by atoms with van der Waals surface area (Å²) in [6.45, 7) is 0.298. The number of carbonyl (C=O) groups excluding carboxylic acids is 2. The average Bonchev–Trinajstić information content (AvgIpc) is 2.98. The minimum atomic E-state index is -1.87. The maximum absolute atomic E-state index is 13.6. The van der Waals surface area contributed by atoms with Crippen LogP contribution in [0.3, 0.4) is 0 Å². The molecule has 1 aliphatic carbocycles. The van der Waals surface area contributed by atoms with Gasteiger partial charge >= 0.3 is 0 Å². The van der Waals surface area contributed by atoms with Gasteiger partial charge in [-0.3, -0.25) is 9.59 Å². The van der Waals surface area contributed by atoms with Gasteiger partial charge in [0.25, 0.3) is 5.91 Å². The molecule has 0 spiro atoms. The van der Waals surface area contributed by atoms with E-state index in [1.807, 2.05) is 42.5 Å². The molecule has 4 nitrogen and oxygen atoms in total. The van der Waals surface area contributed by atoms with Crippen molar-refractivity contribution >= 4 is 29.0 Å². The summed E-state index contributed by atoms with van der Waals surface area (Å²) < 4.78 is 0. The van der Waals surface area contributed by atoms with Crippen LogP contribution in [0.1, 0.15) is 33.5 Å². The largest absolute Gasteiger partial charge is 0.375 e. The van der Waals surface area contributed by atoms with Gasteiger partial charge in [0, 0.05) is 16.1 Å². The summed E-state index contributed by atoms with van der Waals surface area (Å²) in [5, 5.41) is 12.4. The van der Waals surface area contributed by atoms with Gasteiger partial charge in [-0.15, -0.1) is 0 Å². The molecule has 0 fully saturated rings. The van der Waals surface area contributed by atoms with Crippen molar-refractivity contribution in [2.24, 2.45) is 5.92 Å². The summed E-state index contributed by atoms with van der Waals surface area (Å²) in [6.07, 6.45) is 1.09. The predicted octanol–water partition coefficient (Wildman–Crippen LogP) is 4.52. The van der Waals surface area contributed by atoms with Crippen molar-refractivity contribution in [3.8, 4) is 0 Å². The number of amides is 1. The second-order valence-corrected chi connectivity index (χ2v) is 8.35. The summed E-state index contributed by atoms with van der Waals surface area (Å²) in [5.41, 5.74) is 1.75. The van der Waals surface area contributed by atoms with Gasteiger partial charge in [-0.05, 0) is 42.2 Å². The molecule has 5 rings (SSSR count). The second kappa shape index (κ2) is 7.08. The molecule has 0 saturated heterocycles. The van der Waals surface area contributed by atoms with Crippen LogP contribution in [0.15, 0.2) is 72.8 Å². The highest BCUT2D eigenvalue weighted by molar-refractivity contribution is 6.30. The molecule has 1 N–H and O–H groups in total. The van der Waals surface area contributed by atoms with Crippen LogP contribution in [0.2, 0.25) is 5.02 Å². The van der Waals surface area contributed by atoms with Gasteiger partial charge in [-0.1, -0.05) is 66.2 Å². The number of para-hydroxylation sites is 1. The smallest absolute Gasteiger partial charge is 0.264 e. The first kappa shape index (κ1) is 19.0. The van der Waals surface area contributed by atoms with Gasteiger partial charge in [0.1, 0.15) is 0 Å². The zero-order valence-electron chi connectivity index (χ0n) is 16.2. The molecule has 3 aromatic rings. The van der Waals surface area contributed by atoms with E-state index in [1.54, 1.807) is 35.2 Å². The van der Waals surface area contributed by atoms with E-state index in [1.165, 1.54) is 0 Å². The lowest BCUT2D eigenvalue weighted by molar-refractivity contribution is -0.140. The van der Waals surface area contributed by atoms with Crippen LogP contribution >= 0.6 is 11.6 Å². The molecule has 3 aromatic carbocycles. The van der Waals surface area contributed by atoms with Gasteiger partial charge in [-0.2, -0.15) is 0 Å².